The number of hydrogen-bond acceptors (Lipinski definition) is 5. The Hall–Kier alpha value is -2.15. The van der Waals surface area contributed by atoms with E-state index in [9.17, 15) is 4.79 Å². The number of carboxylic acid groups (broad SMARTS) is 1. The number of rotatable bonds is 5. The molecule has 2 aromatic rings. The van der Waals surface area contributed by atoms with Crippen LogP contribution in [0.25, 0.3) is 0 Å². The van der Waals surface area contributed by atoms with Crippen molar-refractivity contribution in [3.05, 3.63) is 41.1 Å². The van der Waals surface area contributed by atoms with Crippen LogP contribution in [0.5, 0.6) is 17.5 Å². The van der Waals surface area contributed by atoms with Gasteiger partial charge in [0.05, 0.1) is 4.47 Å². The second-order valence-electron chi connectivity index (χ2n) is 3.86. The number of benzene rings is 1. The molecule has 0 fully saturated rings. The number of aliphatic carboxylic acids is 1. The Morgan fingerprint density at radius 3 is 2.30 bits per heavy atom. The van der Waals surface area contributed by atoms with E-state index in [1.165, 1.54) is 6.92 Å². The van der Waals surface area contributed by atoms with Gasteiger partial charge in [-0.15, -0.1) is 0 Å². The summed E-state index contributed by atoms with van der Waals surface area (Å²) < 4.78 is 11.4. The molecule has 0 bridgehead atoms. The van der Waals surface area contributed by atoms with Crippen molar-refractivity contribution in [3.8, 4) is 17.5 Å². The zero-order valence-corrected chi connectivity index (χ0v) is 12.1. The molecule has 104 valence electrons. The molecule has 0 saturated carbocycles. The second kappa shape index (κ2) is 6.33. The van der Waals surface area contributed by atoms with Crippen molar-refractivity contribution in [1.29, 1.82) is 0 Å². The van der Waals surface area contributed by atoms with Crippen LogP contribution in [-0.4, -0.2) is 27.1 Å². The molecule has 1 aromatic heterocycles. The third-order valence-electron chi connectivity index (χ3n) is 2.29. The first kappa shape index (κ1) is 14.3. The molecule has 1 N–H and O–H groups in total. The summed E-state index contributed by atoms with van der Waals surface area (Å²) in [4.78, 5) is 18.6. The van der Waals surface area contributed by atoms with Gasteiger partial charge in [0.15, 0.2) is 6.10 Å². The van der Waals surface area contributed by atoms with Crippen LogP contribution < -0.4 is 9.47 Å². The fraction of sp³-hybridized carbons (Fsp3) is 0.154. The molecule has 1 heterocycles. The van der Waals surface area contributed by atoms with E-state index in [0.717, 1.165) is 4.47 Å². The number of nitrogens with zero attached hydrogens (tertiary/aromatic N) is 2. The zero-order chi connectivity index (χ0) is 14.5. The van der Waals surface area contributed by atoms with E-state index in [0.29, 0.717) is 11.5 Å². The molecule has 1 atom stereocenters. The lowest BCUT2D eigenvalue weighted by Crippen LogP contribution is -2.22. The van der Waals surface area contributed by atoms with E-state index in [-0.39, 0.29) is 6.01 Å². The largest absolute Gasteiger partial charge is 0.479 e. The highest BCUT2D eigenvalue weighted by Gasteiger charge is 2.12. The van der Waals surface area contributed by atoms with Crippen LogP contribution in [0.2, 0.25) is 0 Å². The van der Waals surface area contributed by atoms with Gasteiger partial charge < -0.3 is 14.6 Å². The Labute approximate surface area is 123 Å². The highest BCUT2D eigenvalue weighted by Crippen LogP contribution is 2.22. The quantitative estimate of drug-likeness (QED) is 0.902. The van der Waals surface area contributed by atoms with Gasteiger partial charge in [0, 0.05) is 12.4 Å². The van der Waals surface area contributed by atoms with Crippen LogP contribution in [0.4, 0.5) is 0 Å². The van der Waals surface area contributed by atoms with Crippen molar-refractivity contribution in [2.75, 3.05) is 0 Å². The van der Waals surface area contributed by atoms with Gasteiger partial charge in [0.2, 0.25) is 0 Å². The third kappa shape index (κ3) is 3.92. The van der Waals surface area contributed by atoms with Gasteiger partial charge in [0.25, 0.3) is 0 Å². The van der Waals surface area contributed by atoms with Crippen LogP contribution >= 0.6 is 15.9 Å². The van der Waals surface area contributed by atoms with E-state index in [1.807, 2.05) is 0 Å². The molecular weight excluding hydrogens is 328 g/mol. The average molecular weight is 339 g/mol. The fourth-order valence-electron chi connectivity index (χ4n) is 1.30. The number of ether oxygens (including phenoxy) is 2. The topological polar surface area (TPSA) is 81.5 Å². The zero-order valence-electron chi connectivity index (χ0n) is 10.5. The monoisotopic (exact) mass is 338 g/mol. The number of halogens is 1. The van der Waals surface area contributed by atoms with Gasteiger partial charge in [0.1, 0.15) is 11.5 Å². The molecule has 0 aliphatic rings. The lowest BCUT2D eigenvalue weighted by Gasteiger charge is -2.10. The first-order chi connectivity index (χ1) is 9.54. The van der Waals surface area contributed by atoms with Crippen LogP contribution in [-0.2, 0) is 4.79 Å². The number of hydrogen-bond donors (Lipinski definition) is 1. The van der Waals surface area contributed by atoms with Crippen molar-refractivity contribution < 1.29 is 19.4 Å². The van der Waals surface area contributed by atoms with Crippen LogP contribution in [0.15, 0.2) is 41.1 Å². The maximum absolute atomic E-state index is 10.7. The van der Waals surface area contributed by atoms with Gasteiger partial charge in [-0.05, 0) is 47.1 Å². The average Bonchev–Trinajstić information content (AvgIpc) is 2.43. The summed E-state index contributed by atoms with van der Waals surface area (Å²) in [5, 5.41) is 8.75. The molecule has 0 aliphatic heterocycles. The summed E-state index contributed by atoms with van der Waals surface area (Å²) in [6, 6.07) is 6.76. The molecule has 1 unspecified atom stereocenters. The van der Waals surface area contributed by atoms with Crippen molar-refractivity contribution >= 4 is 21.9 Å². The molecule has 20 heavy (non-hydrogen) atoms. The standard InChI is InChI=1S/C13H11BrN2O4/c1-8(12(17)18)19-10-2-4-11(5-3-10)20-13-15-6-9(14)7-16-13/h2-8H,1H3,(H,17,18). The summed E-state index contributed by atoms with van der Waals surface area (Å²) in [5.74, 6) is -0.0415. The van der Waals surface area contributed by atoms with Gasteiger partial charge in [-0.1, -0.05) is 0 Å². The van der Waals surface area contributed by atoms with Crippen molar-refractivity contribution in [3.63, 3.8) is 0 Å². The van der Waals surface area contributed by atoms with E-state index < -0.39 is 12.1 Å². The number of carbonyl (C=O) groups is 1. The highest BCUT2D eigenvalue weighted by atomic mass is 79.9. The van der Waals surface area contributed by atoms with E-state index in [2.05, 4.69) is 25.9 Å². The van der Waals surface area contributed by atoms with E-state index in [1.54, 1.807) is 36.7 Å². The highest BCUT2D eigenvalue weighted by molar-refractivity contribution is 9.10. The van der Waals surface area contributed by atoms with Gasteiger partial charge in [-0.2, -0.15) is 0 Å². The maximum Gasteiger partial charge on any atom is 0.344 e. The Morgan fingerprint density at radius 1 is 1.20 bits per heavy atom. The molecule has 0 spiro atoms. The molecule has 0 saturated heterocycles. The van der Waals surface area contributed by atoms with Gasteiger partial charge in [-0.25, -0.2) is 14.8 Å². The SMILES string of the molecule is CC(Oc1ccc(Oc2ncc(Br)cn2)cc1)C(=O)O. The minimum absolute atomic E-state index is 0.223. The van der Waals surface area contributed by atoms with Crippen LogP contribution in [0, 0.1) is 0 Å². The molecule has 6 nitrogen and oxygen atoms in total. The van der Waals surface area contributed by atoms with Crippen LogP contribution in [0.1, 0.15) is 6.92 Å². The number of carboxylic acids is 1. The summed E-state index contributed by atoms with van der Waals surface area (Å²) in [5.41, 5.74) is 0. The van der Waals surface area contributed by atoms with Crippen molar-refractivity contribution in [1.82, 2.24) is 9.97 Å². The minimum Gasteiger partial charge on any atom is -0.479 e. The second-order valence-corrected chi connectivity index (χ2v) is 4.77. The van der Waals surface area contributed by atoms with Gasteiger partial charge >= 0.3 is 12.0 Å². The molecule has 0 aliphatic carbocycles. The smallest absolute Gasteiger partial charge is 0.344 e. The van der Waals surface area contributed by atoms with Gasteiger partial charge in [-0.3, -0.25) is 0 Å². The summed E-state index contributed by atoms with van der Waals surface area (Å²) in [6.07, 6.45) is 2.25. The van der Waals surface area contributed by atoms with Crippen LogP contribution in [0.3, 0.4) is 0 Å². The Bertz CT molecular complexity index is 586. The van der Waals surface area contributed by atoms with Crippen molar-refractivity contribution in [2.45, 2.75) is 13.0 Å². The Balaban J connectivity index is 2.01. The summed E-state index contributed by atoms with van der Waals surface area (Å²) in [6.45, 7) is 1.46. The molecule has 1 aromatic carbocycles. The third-order valence-corrected chi connectivity index (χ3v) is 2.70. The number of aromatic nitrogens is 2. The summed E-state index contributed by atoms with van der Waals surface area (Å²) >= 11 is 3.23. The normalized spacial score (nSPS) is 11.7. The lowest BCUT2D eigenvalue weighted by atomic mass is 10.3. The summed E-state index contributed by atoms with van der Waals surface area (Å²) in [7, 11) is 0. The Morgan fingerprint density at radius 2 is 1.75 bits per heavy atom. The molecule has 2 rings (SSSR count). The first-order valence-electron chi connectivity index (χ1n) is 5.69. The minimum atomic E-state index is -1.02. The Kier molecular flexibility index (Phi) is 4.52. The predicted molar refractivity (Wildman–Crippen MR) is 74.0 cm³/mol. The van der Waals surface area contributed by atoms with Crippen molar-refractivity contribution in [2.24, 2.45) is 0 Å². The maximum atomic E-state index is 10.7. The fourth-order valence-corrected chi connectivity index (χ4v) is 1.50. The molecule has 7 heteroatoms. The predicted octanol–water partition coefficient (Wildman–Crippen LogP) is 2.88. The molecule has 0 radical (unpaired) electrons. The van der Waals surface area contributed by atoms with E-state index >= 15 is 0 Å². The first-order valence-corrected chi connectivity index (χ1v) is 6.49. The molecule has 0 amide bonds. The lowest BCUT2D eigenvalue weighted by molar-refractivity contribution is -0.144. The van der Waals surface area contributed by atoms with E-state index in [4.69, 9.17) is 14.6 Å². The molecular formula is C13H11BrN2O4.